The van der Waals surface area contributed by atoms with Crippen LogP contribution >= 0.6 is 0 Å². The number of nitrogens with one attached hydrogen (secondary N) is 3. The molecule has 14 nitrogen and oxygen atoms in total. The first-order valence-electron chi connectivity index (χ1n) is 25.8. The minimum atomic E-state index is -1.33. The molecule has 4 aliphatic carbocycles. The Morgan fingerprint density at radius 2 is 1.87 bits per heavy atom. The van der Waals surface area contributed by atoms with Crippen LogP contribution in [0.5, 0.6) is 17.2 Å². The molecule has 2 saturated carbocycles. The highest BCUT2D eigenvalue weighted by atomic mass is 16.6. The van der Waals surface area contributed by atoms with Gasteiger partial charge in [-0.1, -0.05) is 17.7 Å². The highest BCUT2D eigenvalue weighted by Gasteiger charge is 2.59. The molecule has 11 atom stereocenters. The lowest BCUT2D eigenvalue weighted by Crippen LogP contribution is -2.59. The van der Waals surface area contributed by atoms with Gasteiger partial charge in [-0.3, -0.25) is 10.1 Å². The Hall–Kier alpha value is -5.54. The fourth-order valence-electron chi connectivity index (χ4n) is 15.3. The molecule has 1 saturated heterocycles. The number of ether oxygens (including phenoxy) is 2. The summed E-state index contributed by atoms with van der Waals surface area (Å²) in [4.78, 5) is 29.7. The lowest BCUT2D eigenvalue weighted by atomic mass is 9.61. The molecular weight excluding hydrogens is 889 g/mol. The average Bonchev–Trinajstić information content (AvgIpc) is 3.63. The number of benzene rings is 2. The molecule has 11 unspecified atom stereocenters. The topological polar surface area (TPSA) is 229 Å². The molecule has 10 N–H and O–H groups in total. The second-order valence-electron chi connectivity index (χ2n) is 22.2. The van der Waals surface area contributed by atoms with Crippen molar-refractivity contribution in [3.8, 4) is 17.2 Å². The zero-order valence-corrected chi connectivity index (χ0v) is 40.3. The molecule has 70 heavy (non-hydrogen) atoms. The van der Waals surface area contributed by atoms with Crippen molar-refractivity contribution in [3.63, 3.8) is 0 Å². The second kappa shape index (κ2) is 16.8. The van der Waals surface area contributed by atoms with E-state index in [4.69, 9.17) is 19.6 Å². The third-order valence-electron chi connectivity index (χ3n) is 18.6. The van der Waals surface area contributed by atoms with Crippen LogP contribution < -0.4 is 31.8 Å². The highest BCUT2D eigenvalue weighted by Crippen LogP contribution is 2.62. The predicted octanol–water partition coefficient (Wildman–Crippen LogP) is 6.38. The van der Waals surface area contributed by atoms with Crippen LogP contribution in [0.25, 0.3) is 11.0 Å². The van der Waals surface area contributed by atoms with Gasteiger partial charge in [-0.05, 0) is 167 Å². The number of hydrogen-bond donors (Lipinski definition) is 9. The van der Waals surface area contributed by atoms with Crippen LogP contribution in [0.1, 0.15) is 131 Å². The number of carbonyl (C=O) groups excluding carboxylic acids is 1. The van der Waals surface area contributed by atoms with E-state index in [0.29, 0.717) is 61.6 Å². The largest absolute Gasteiger partial charge is 0.508 e. The Labute approximate surface area is 407 Å². The molecule has 2 aromatic carbocycles. The van der Waals surface area contributed by atoms with E-state index in [9.17, 15) is 30.3 Å². The van der Waals surface area contributed by atoms with Gasteiger partial charge in [0.15, 0.2) is 5.43 Å². The number of phenols is 2. The maximum Gasteiger partial charge on any atom is 0.337 e. The van der Waals surface area contributed by atoms with Crippen molar-refractivity contribution in [2.45, 2.75) is 152 Å². The van der Waals surface area contributed by atoms with Crippen LogP contribution in [0.15, 0.2) is 90.6 Å². The highest BCUT2D eigenvalue weighted by molar-refractivity contribution is 5.93. The number of allylic oxidation sites excluding steroid dienone is 5. The molecule has 1 aromatic heterocycles. The minimum Gasteiger partial charge on any atom is -0.508 e. The first kappa shape index (κ1) is 45.6. The van der Waals surface area contributed by atoms with Gasteiger partial charge >= 0.3 is 5.97 Å². The summed E-state index contributed by atoms with van der Waals surface area (Å²) in [5, 5.41) is 69.6. The predicted molar refractivity (Wildman–Crippen MR) is 261 cm³/mol. The molecule has 3 aromatic rings. The van der Waals surface area contributed by atoms with Crippen LogP contribution in [-0.4, -0.2) is 74.2 Å². The lowest BCUT2D eigenvalue weighted by Gasteiger charge is -2.52. The number of fused-ring (bicyclic) bond motifs is 11. The van der Waals surface area contributed by atoms with E-state index in [2.05, 4.69) is 35.2 Å². The summed E-state index contributed by atoms with van der Waals surface area (Å²) >= 11 is 0. The minimum absolute atomic E-state index is 0.00986. The smallest absolute Gasteiger partial charge is 0.337 e. The normalized spacial score (nSPS) is 34.3. The first-order valence-corrected chi connectivity index (χ1v) is 25.8. The lowest BCUT2D eigenvalue weighted by molar-refractivity contribution is -0.172. The summed E-state index contributed by atoms with van der Waals surface area (Å²) in [7, 11) is 0. The number of dihydropyridines is 2. The first-order chi connectivity index (χ1) is 33.7. The van der Waals surface area contributed by atoms with Crippen molar-refractivity contribution in [1.29, 1.82) is 0 Å². The number of rotatable bonds is 4. The van der Waals surface area contributed by atoms with E-state index in [1.54, 1.807) is 12.1 Å². The zero-order chi connectivity index (χ0) is 48.5. The van der Waals surface area contributed by atoms with Gasteiger partial charge in [-0.2, -0.15) is 0 Å². The van der Waals surface area contributed by atoms with Crippen molar-refractivity contribution in [2.24, 2.45) is 29.4 Å². The number of esters is 1. The van der Waals surface area contributed by atoms with Crippen molar-refractivity contribution in [2.75, 3.05) is 13.2 Å². The Morgan fingerprint density at radius 1 is 1.03 bits per heavy atom. The maximum absolute atomic E-state index is 15.3. The average molecular weight is 955 g/mol. The maximum atomic E-state index is 15.3. The summed E-state index contributed by atoms with van der Waals surface area (Å²) in [6, 6.07) is 6.87. The second-order valence-corrected chi connectivity index (χ2v) is 22.2. The van der Waals surface area contributed by atoms with Gasteiger partial charge in [-0.25, -0.2) is 4.79 Å². The molecule has 0 spiro atoms. The van der Waals surface area contributed by atoms with Crippen molar-refractivity contribution in [1.82, 2.24) is 16.0 Å². The fraction of sp³-hybridized carbons (Fsp3) is 0.536. The van der Waals surface area contributed by atoms with Crippen LogP contribution in [0.4, 0.5) is 0 Å². The molecule has 3 fully saturated rings. The van der Waals surface area contributed by atoms with Gasteiger partial charge in [0, 0.05) is 60.2 Å². The fourth-order valence-corrected chi connectivity index (χ4v) is 15.3. The molecule has 14 heteroatoms. The van der Waals surface area contributed by atoms with Crippen LogP contribution in [0, 0.1) is 23.7 Å². The number of aliphatic hydroxyl groups is 3. The van der Waals surface area contributed by atoms with Gasteiger partial charge in [0.2, 0.25) is 0 Å². The van der Waals surface area contributed by atoms with E-state index >= 15 is 4.79 Å². The van der Waals surface area contributed by atoms with E-state index < -0.39 is 53.8 Å². The van der Waals surface area contributed by atoms with Crippen LogP contribution in [0.3, 0.4) is 0 Å². The number of nitrogens with two attached hydrogens (primary N) is 1. The van der Waals surface area contributed by atoms with E-state index in [0.717, 1.165) is 72.8 Å². The summed E-state index contributed by atoms with van der Waals surface area (Å²) in [6.07, 6.45) is 12.1. The van der Waals surface area contributed by atoms with Gasteiger partial charge in [0.25, 0.3) is 0 Å². The Bertz CT molecular complexity index is 2970. The summed E-state index contributed by atoms with van der Waals surface area (Å²) in [5.74, 6) is -2.56. The molecule has 6 heterocycles. The molecule has 9 aliphatic rings. The number of aliphatic hydroxyl groups excluding tert-OH is 2. The SMILES string of the molecule is CC1=C(C(=O)OC2Cc3c4c(c5oc(CO)cc(=O)c5c3O)C3C5=CCNC(N)=C5C(CCc5ccc(O)cc5C3CO)C3CCC5=C6CCC(C)NC6NC=C5CC3C2(C)O4)C2(O)CCCC2CC1. The van der Waals surface area contributed by atoms with Crippen molar-refractivity contribution >= 4 is 16.9 Å². The van der Waals surface area contributed by atoms with Crippen molar-refractivity contribution < 1.29 is 44.2 Å². The molecule has 12 rings (SSSR count). The van der Waals surface area contributed by atoms with Crippen LogP contribution in [0.2, 0.25) is 0 Å². The van der Waals surface area contributed by atoms with Gasteiger partial charge in [-0.15, -0.1) is 0 Å². The standard InChI is InChI=1S/C56H66N4O10/c1-26-6-10-30-5-4-17-56(30,67)48(26)54(66)69-43-22-39-49(65)46-42(64)21-32(24-61)68-51(46)47-44-37-16-18-58-52(57)45(37)35(13-9-28-8-11-31(63)20-38(28)40(44)25-62)34-15-14-33-29(19-41(34)55(43,3)70-50(39)47)23-59-53-36(33)12-7-27(2)60-53/h8,11,16,20-21,23,27,30,34-35,40-41,43-44,53,58-63,65,67H,4-7,9-10,12-15,17-19,22,24-25,57H2,1-3H3. The zero-order valence-electron chi connectivity index (χ0n) is 40.3. The van der Waals surface area contributed by atoms with Crippen molar-refractivity contribution in [3.05, 3.63) is 120 Å². The van der Waals surface area contributed by atoms with E-state index in [-0.39, 0.29) is 75.8 Å². The summed E-state index contributed by atoms with van der Waals surface area (Å²) in [6.45, 7) is 5.55. The molecule has 370 valence electrons. The number of hydrogen-bond acceptors (Lipinski definition) is 14. The quantitative estimate of drug-likeness (QED) is 0.130. The number of phenolic OH excluding ortho intramolecular Hbond substituents is 2. The molecule has 0 amide bonds. The Balaban J connectivity index is 1.16. The van der Waals surface area contributed by atoms with E-state index in [1.165, 1.54) is 22.8 Å². The third-order valence-corrected chi connectivity index (χ3v) is 18.6. The van der Waals surface area contributed by atoms with Gasteiger partial charge in [0.05, 0.1) is 23.9 Å². The number of aromatic hydroxyl groups is 2. The number of piperidine rings is 1. The van der Waals surface area contributed by atoms with Crippen LogP contribution in [-0.2, 0) is 29.0 Å². The van der Waals surface area contributed by atoms with Gasteiger partial charge in [0.1, 0.15) is 58.1 Å². The third kappa shape index (κ3) is 6.79. The molecule has 5 aliphatic heterocycles. The monoisotopic (exact) mass is 954 g/mol. The molecule has 0 radical (unpaired) electrons. The van der Waals surface area contributed by atoms with E-state index in [1.807, 2.05) is 19.9 Å². The Kier molecular flexibility index (Phi) is 10.9. The molecule has 4 bridgehead atoms. The van der Waals surface area contributed by atoms with Gasteiger partial charge < -0.3 is 55.8 Å². The number of aryl methyl sites for hydroxylation is 1. The number of carbonyl (C=O) groups is 1. The summed E-state index contributed by atoms with van der Waals surface area (Å²) in [5.41, 5.74) is 13.2. The Morgan fingerprint density at radius 3 is 2.69 bits per heavy atom. The summed E-state index contributed by atoms with van der Waals surface area (Å²) < 4.78 is 21.4. The molecular formula is C56H66N4O10.